The third-order valence-electron chi connectivity index (χ3n) is 3.34. The first-order valence-corrected chi connectivity index (χ1v) is 6.53. The molecule has 0 amide bonds. The Morgan fingerprint density at radius 1 is 1.17 bits per heavy atom. The lowest BCUT2D eigenvalue weighted by Gasteiger charge is -2.19. The van der Waals surface area contributed by atoms with Crippen molar-refractivity contribution in [2.24, 2.45) is 0 Å². The quantitative estimate of drug-likeness (QED) is 0.860. The van der Waals surface area contributed by atoms with Crippen LogP contribution in [0.2, 0.25) is 0 Å². The van der Waals surface area contributed by atoms with E-state index in [1.54, 1.807) is 14.2 Å². The predicted octanol–water partition coefficient (Wildman–Crippen LogP) is 2.26. The van der Waals surface area contributed by atoms with E-state index in [1.807, 2.05) is 18.2 Å². The molecule has 2 N–H and O–H groups in total. The molecule has 0 bridgehead atoms. The van der Waals surface area contributed by atoms with Gasteiger partial charge in [-0.05, 0) is 44.5 Å². The average Bonchev–Trinajstić information content (AvgIpc) is 2.67. The molecule has 0 spiro atoms. The predicted molar refractivity (Wildman–Crippen MR) is 73.7 cm³/mol. The lowest BCUT2D eigenvalue weighted by Crippen LogP contribution is -2.21. The molecule has 4 heteroatoms. The maximum Gasteiger partial charge on any atom is 0.142 e. The number of ether oxygens (including phenoxy) is 2. The third kappa shape index (κ3) is 3.29. The van der Waals surface area contributed by atoms with E-state index in [4.69, 9.17) is 9.47 Å². The molecule has 1 saturated heterocycles. The zero-order valence-corrected chi connectivity index (χ0v) is 11.2. The highest BCUT2D eigenvalue weighted by Crippen LogP contribution is 2.30. The second-order valence-corrected chi connectivity index (χ2v) is 4.59. The summed E-state index contributed by atoms with van der Waals surface area (Å²) >= 11 is 0. The average molecular weight is 250 g/mol. The van der Waals surface area contributed by atoms with Gasteiger partial charge in [-0.1, -0.05) is 0 Å². The summed E-state index contributed by atoms with van der Waals surface area (Å²) < 4.78 is 10.6. The minimum absolute atomic E-state index is 0.501. The van der Waals surface area contributed by atoms with Gasteiger partial charge < -0.3 is 20.1 Å². The fraction of sp³-hybridized carbons (Fsp3) is 0.571. The molecule has 4 nitrogen and oxygen atoms in total. The van der Waals surface area contributed by atoms with Gasteiger partial charge in [0.15, 0.2) is 0 Å². The van der Waals surface area contributed by atoms with Gasteiger partial charge in [0.25, 0.3) is 0 Å². The van der Waals surface area contributed by atoms with E-state index < -0.39 is 0 Å². The largest absolute Gasteiger partial charge is 0.497 e. The fourth-order valence-corrected chi connectivity index (χ4v) is 2.31. The van der Waals surface area contributed by atoms with E-state index in [2.05, 4.69) is 10.6 Å². The van der Waals surface area contributed by atoms with Crippen LogP contribution >= 0.6 is 0 Å². The summed E-state index contributed by atoms with van der Waals surface area (Å²) in [4.78, 5) is 0. The van der Waals surface area contributed by atoms with E-state index >= 15 is 0 Å². The van der Waals surface area contributed by atoms with Crippen LogP contribution in [0.4, 0.5) is 5.69 Å². The number of rotatable bonds is 4. The Kier molecular flexibility index (Phi) is 4.70. The molecule has 0 aliphatic carbocycles. The second kappa shape index (κ2) is 6.50. The summed E-state index contributed by atoms with van der Waals surface area (Å²) in [6, 6.07) is 6.35. The van der Waals surface area contributed by atoms with Gasteiger partial charge in [-0.25, -0.2) is 0 Å². The van der Waals surface area contributed by atoms with Crippen molar-refractivity contribution in [3.63, 3.8) is 0 Å². The van der Waals surface area contributed by atoms with Crippen molar-refractivity contribution in [2.75, 3.05) is 32.6 Å². The van der Waals surface area contributed by atoms with Crippen LogP contribution in [0.15, 0.2) is 18.2 Å². The summed E-state index contributed by atoms with van der Waals surface area (Å²) in [7, 11) is 3.38. The molecule has 1 aliphatic heterocycles. The van der Waals surface area contributed by atoms with Gasteiger partial charge in [0.2, 0.25) is 0 Å². The molecule has 100 valence electrons. The standard InChI is InChI=1S/C14H22N2O2/c1-17-12-5-6-14(18-2)13(10-12)16-11-4-3-8-15-9-7-11/h5-6,10-11,15-16H,3-4,7-9H2,1-2H3. The monoisotopic (exact) mass is 250 g/mol. The van der Waals surface area contributed by atoms with Crippen LogP contribution in [0.3, 0.4) is 0 Å². The van der Waals surface area contributed by atoms with E-state index in [9.17, 15) is 0 Å². The summed E-state index contributed by atoms with van der Waals surface area (Å²) in [5, 5.41) is 6.99. The molecule has 1 aromatic carbocycles. The normalized spacial score (nSPS) is 20.0. The summed E-state index contributed by atoms with van der Waals surface area (Å²) in [6.45, 7) is 2.19. The van der Waals surface area contributed by atoms with Gasteiger partial charge in [-0.15, -0.1) is 0 Å². The zero-order valence-electron chi connectivity index (χ0n) is 11.2. The summed E-state index contributed by atoms with van der Waals surface area (Å²) in [6.07, 6.45) is 3.54. The molecule has 1 unspecified atom stereocenters. The summed E-state index contributed by atoms with van der Waals surface area (Å²) in [5.74, 6) is 1.72. The van der Waals surface area contributed by atoms with Gasteiger partial charge in [-0.3, -0.25) is 0 Å². The van der Waals surface area contributed by atoms with Crippen LogP contribution in [0.25, 0.3) is 0 Å². The molecule has 0 aromatic heterocycles. The van der Waals surface area contributed by atoms with Crippen molar-refractivity contribution in [2.45, 2.75) is 25.3 Å². The van der Waals surface area contributed by atoms with E-state index in [-0.39, 0.29) is 0 Å². The van der Waals surface area contributed by atoms with Gasteiger partial charge in [0.1, 0.15) is 11.5 Å². The Labute approximate surface area is 109 Å². The van der Waals surface area contributed by atoms with Crippen molar-refractivity contribution in [1.29, 1.82) is 0 Å². The Morgan fingerprint density at radius 3 is 2.83 bits per heavy atom. The van der Waals surface area contributed by atoms with Gasteiger partial charge >= 0.3 is 0 Å². The van der Waals surface area contributed by atoms with Gasteiger partial charge in [0, 0.05) is 12.1 Å². The van der Waals surface area contributed by atoms with Crippen LogP contribution in [-0.4, -0.2) is 33.4 Å². The first-order valence-electron chi connectivity index (χ1n) is 6.53. The fourth-order valence-electron chi connectivity index (χ4n) is 2.31. The van der Waals surface area contributed by atoms with Gasteiger partial charge in [0.05, 0.1) is 19.9 Å². The van der Waals surface area contributed by atoms with Crippen molar-refractivity contribution in [3.8, 4) is 11.5 Å². The van der Waals surface area contributed by atoms with E-state index in [1.165, 1.54) is 12.8 Å². The minimum Gasteiger partial charge on any atom is -0.497 e. The molecule has 1 aliphatic rings. The van der Waals surface area contributed by atoms with Crippen molar-refractivity contribution in [3.05, 3.63) is 18.2 Å². The second-order valence-electron chi connectivity index (χ2n) is 4.59. The Bertz CT molecular complexity index is 374. The van der Waals surface area contributed by atoms with Gasteiger partial charge in [-0.2, -0.15) is 0 Å². The zero-order chi connectivity index (χ0) is 12.8. The Morgan fingerprint density at radius 2 is 2.06 bits per heavy atom. The number of methoxy groups -OCH3 is 2. The lowest BCUT2D eigenvalue weighted by molar-refractivity contribution is 0.404. The first kappa shape index (κ1) is 13.0. The topological polar surface area (TPSA) is 42.5 Å². The molecule has 2 rings (SSSR count). The molecule has 1 aromatic rings. The van der Waals surface area contributed by atoms with Crippen molar-refractivity contribution in [1.82, 2.24) is 5.32 Å². The Hall–Kier alpha value is -1.42. The van der Waals surface area contributed by atoms with Crippen LogP contribution in [0.5, 0.6) is 11.5 Å². The molecular formula is C14H22N2O2. The highest BCUT2D eigenvalue weighted by Gasteiger charge is 2.14. The Balaban J connectivity index is 2.10. The number of hydrogen-bond donors (Lipinski definition) is 2. The first-order chi connectivity index (χ1) is 8.83. The number of nitrogens with one attached hydrogen (secondary N) is 2. The lowest BCUT2D eigenvalue weighted by atomic mass is 10.1. The number of hydrogen-bond acceptors (Lipinski definition) is 4. The number of anilines is 1. The molecular weight excluding hydrogens is 228 g/mol. The van der Waals surface area contributed by atoms with Crippen LogP contribution in [0.1, 0.15) is 19.3 Å². The molecule has 0 saturated carbocycles. The minimum atomic E-state index is 0.501. The third-order valence-corrected chi connectivity index (χ3v) is 3.34. The maximum absolute atomic E-state index is 5.38. The molecule has 1 atom stereocenters. The van der Waals surface area contributed by atoms with Crippen molar-refractivity contribution >= 4 is 5.69 Å². The smallest absolute Gasteiger partial charge is 0.142 e. The summed E-state index contributed by atoms with van der Waals surface area (Å²) in [5.41, 5.74) is 1.02. The van der Waals surface area contributed by atoms with E-state index in [0.717, 1.165) is 36.7 Å². The molecule has 1 fully saturated rings. The molecule has 0 radical (unpaired) electrons. The van der Waals surface area contributed by atoms with Crippen molar-refractivity contribution < 1.29 is 9.47 Å². The van der Waals surface area contributed by atoms with Crippen LogP contribution in [0, 0.1) is 0 Å². The SMILES string of the molecule is COc1ccc(OC)c(NC2CCCNCC2)c1. The van der Waals surface area contributed by atoms with E-state index in [0.29, 0.717) is 6.04 Å². The number of benzene rings is 1. The van der Waals surface area contributed by atoms with Crippen LogP contribution < -0.4 is 20.1 Å². The highest BCUT2D eigenvalue weighted by molar-refractivity contribution is 5.60. The molecule has 1 heterocycles. The molecule has 18 heavy (non-hydrogen) atoms. The highest BCUT2D eigenvalue weighted by atomic mass is 16.5. The maximum atomic E-state index is 5.38. The van der Waals surface area contributed by atoms with Crippen LogP contribution in [-0.2, 0) is 0 Å².